The monoisotopic (exact) mass is 521 g/mol. The number of H-pyrrole nitrogens is 1. The standard InChI is InChI=1S/C26H27F4N3O4/c1-24(2,23(35)37-4)17-12-16(27)9-15(21(17)36-3)11-20-32-18-6-5-14(10-19(18)33-20)22(34)31-13-25(7-8-25)26(28,29)30/h5-6,9-10,12H,7-8,11,13H2,1-4H3,(H,31,34)(H,32,33). The number of rotatable bonds is 8. The number of carbonyl (C=O) groups excluding carboxylic acids is 2. The second-order valence-electron chi connectivity index (χ2n) is 9.82. The Morgan fingerprint density at radius 2 is 1.84 bits per heavy atom. The third-order valence-corrected chi connectivity index (χ3v) is 6.90. The molecule has 37 heavy (non-hydrogen) atoms. The number of amides is 1. The molecule has 3 aromatic rings. The lowest BCUT2D eigenvalue weighted by atomic mass is 9.82. The van der Waals surface area contributed by atoms with E-state index < -0.39 is 41.2 Å². The number of ether oxygens (including phenoxy) is 2. The molecule has 1 amide bonds. The second-order valence-corrected chi connectivity index (χ2v) is 9.82. The number of nitrogens with zero attached hydrogens (tertiary/aromatic N) is 1. The van der Waals surface area contributed by atoms with Crippen molar-refractivity contribution in [1.82, 2.24) is 15.3 Å². The van der Waals surface area contributed by atoms with E-state index in [9.17, 15) is 27.2 Å². The van der Waals surface area contributed by atoms with E-state index in [4.69, 9.17) is 9.47 Å². The number of esters is 1. The Morgan fingerprint density at radius 3 is 2.43 bits per heavy atom. The van der Waals surface area contributed by atoms with Gasteiger partial charge in [0.05, 0.1) is 36.1 Å². The van der Waals surface area contributed by atoms with Crippen LogP contribution < -0.4 is 10.1 Å². The molecule has 4 rings (SSSR count). The zero-order valence-corrected chi connectivity index (χ0v) is 20.8. The molecule has 2 N–H and O–H groups in total. The fourth-order valence-corrected chi connectivity index (χ4v) is 4.38. The second kappa shape index (κ2) is 9.35. The number of hydrogen-bond donors (Lipinski definition) is 2. The lowest BCUT2D eigenvalue weighted by Gasteiger charge is -2.25. The third kappa shape index (κ3) is 4.99. The number of imidazole rings is 1. The summed E-state index contributed by atoms with van der Waals surface area (Å²) in [5.74, 6) is -0.989. The molecular formula is C26H27F4N3O4. The van der Waals surface area contributed by atoms with Crippen LogP contribution in [-0.2, 0) is 21.4 Å². The molecule has 0 bridgehead atoms. The van der Waals surface area contributed by atoms with Crippen LogP contribution in [0.5, 0.6) is 5.75 Å². The van der Waals surface area contributed by atoms with Gasteiger partial charge in [0.15, 0.2) is 0 Å². The molecular weight excluding hydrogens is 494 g/mol. The maximum atomic E-state index is 14.6. The molecule has 1 aliphatic carbocycles. The molecule has 1 aromatic heterocycles. The highest BCUT2D eigenvalue weighted by Gasteiger charge is 2.63. The predicted octanol–water partition coefficient (Wildman–Crippen LogP) is 4.82. The summed E-state index contributed by atoms with van der Waals surface area (Å²) < 4.78 is 64.4. The van der Waals surface area contributed by atoms with Crippen molar-refractivity contribution in [3.8, 4) is 5.75 Å². The van der Waals surface area contributed by atoms with Crippen LogP contribution in [0.2, 0.25) is 0 Å². The zero-order valence-electron chi connectivity index (χ0n) is 20.8. The predicted molar refractivity (Wildman–Crippen MR) is 127 cm³/mol. The summed E-state index contributed by atoms with van der Waals surface area (Å²) in [6.45, 7) is 2.74. The number of nitrogens with one attached hydrogen (secondary N) is 2. The Kier molecular flexibility index (Phi) is 6.68. The summed E-state index contributed by atoms with van der Waals surface area (Å²) in [7, 11) is 2.67. The lowest BCUT2D eigenvalue weighted by Crippen LogP contribution is -2.38. The Morgan fingerprint density at radius 1 is 1.14 bits per heavy atom. The highest BCUT2D eigenvalue weighted by Crippen LogP contribution is 2.57. The van der Waals surface area contributed by atoms with E-state index >= 15 is 0 Å². The lowest BCUT2D eigenvalue weighted by molar-refractivity contribution is -0.184. The highest BCUT2D eigenvalue weighted by atomic mass is 19.4. The van der Waals surface area contributed by atoms with Crippen LogP contribution in [-0.4, -0.2) is 48.8 Å². The molecule has 1 aliphatic rings. The number of alkyl halides is 3. The minimum atomic E-state index is -4.36. The molecule has 0 saturated heterocycles. The van der Waals surface area contributed by atoms with Gasteiger partial charge in [-0.1, -0.05) is 0 Å². The van der Waals surface area contributed by atoms with E-state index in [1.165, 1.54) is 38.5 Å². The van der Waals surface area contributed by atoms with Gasteiger partial charge in [0, 0.05) is 29.7 Å². The molecule has 11 heteroatoms. The van der Waals surface area contributed by atoms with Crippen molar-refractivity contribution in [2.45, 2.75) is 44.7 Å². The fourth-order valence-electron chi connectivity index (χ4n) is 4.38. The van der Waals surface area contributed by atoms with Gasteiger partial charge in [-0.2, -0.15) is 13.2 Å². The number of hydrogen-bond acceptors (Lipinski definition) is 5. The van der Waals surface area contributed by atoms with Crippen LogP contribution >= 0.6 is 0 Å². The Hall–Kier alpha value is -3.63. The van der Waals surface area contributed by atoms with Crippen LogP contribution in [0.15, 0.2) is 30.3 Å². The third-order valence-electron chi connectivity index (χ3n) is 6.90. The van der Waals surface area contributed by atoms with E-state index in [0.29, 0.717) is 33.7 Å². The summed E-state index contributed by atoms with van der Waals surface area (Å²) in [6.07, 6.45) is -4.23. The molecule has 1 heterocycles. The first-order valence-electron chi connectivity index (χ1n) is 11.6. The first-order valence-corrected chi connectivity index (χ1v) is 11.6. The minimum absolute atomic E-state index is 0.000605. The van der Waals surface area contributed by atoms with Crippen molar-refractivity contribution in [2.75, 3.05) is 20.8 Å². The van der Waals surface area contributed by atoms with Gasteiger partial charge in [-0.25, -0.2) is 9.37 Å². The van der Waals surface area contributed by atoms with Crippen molar-refractivity contribution >= 4 is 22.9 Å². The Balaban J connectivity index is 1.58. The maximum Gasteiger partial charge on any atom is 0.396 e. The molecule has 7 nitrogen and oxygen atoms in total. The quantitative estimate of drug-likeness (QED) is 0.327. The van der Waals surface area contributed by atoms with Crippen LogP contribution in [0.1, 0.15) is 54.0 Å². The molecule has 0 spiro atoms. The summed E-state index contributed by atoms with van der Waals surface area (Å²) >= 11 is 0. The van der Waals surface area contributed by atoms with Gasteiger partial charge >= 0.3 is 12.1 Å². The number of aromatic nitrogens is 2. The van der Waals surface area contributed by atoms with E-state index in [-0.39, 0.29) is 24.8 Å². The highest BCUT2D eigenvalue weighted by molar-refractivity contribution is 5.97. The minimum Gasteiger partial charge on any atom is -0.496 e. The number of halogens is 4. The molecule has 0 unspecified atom stereocenters. The number of methoxy groups -OCH3 is 2. The maximum absolute atomic E-state index is 14.6. The molecule has 0 atom stereocenters. The van der Waals surface area contributed by atoms with Gasteiger partial charge in [0.25, 0.3) is 5.91 Å². The van der Waals surface area contributed by atoms with Crippen LogP contribution in [0.4, 0.5) is 17.6 Å². The fraction of sp³-hybridized carbons (Fsp3) is 0.423. The van der Waals surface area contributed by atoms with Crippen molar-refractivity contribution in [3.05, 3.63) is 58.7 Å². The molecule has 1 saturated carbocycles. The van der Waals surface area contributed by atoms with Crippen molar-refractivity contribution in [3.63, 3.8) is 0 Å². The summed E-state index contributed by atoms with van der Waals surface area (Å²) in [5, 5.41) is 2.38. The zero-order chi connectivity index (χ0) is 27.2. The van der Waals surface area contributed by atoms with E-state index in [1.807, 2.05) is 0 Å². The number of fused-ring (bicyclic) bond motifs is 1. The normalized spacial score (nSPS) is 14.9. The largest absolute Gasteiger partial charge is 0.496 e. The van der Waals surface area contributed by atoms with Gasteiger partial charge in [-0.05, 0) is 57.0 Å². The Bertz CT molecular complexity index is 1360. The molecule has 2 aromatic carbocycles. The Labute approximate surface area is 210 Å². The first kappa shape index (κ1) is 26.4. The average molecular weight is 522 g/mol. The van der Waals surface area contributed by atoms with Gasteiger partial charge in [0.1, 0.15) is 17.4 Å². The van der Waals surface area contributed by atoms with Crippen LogP contribution in [0.25, 0.3) is 11.0 Å². The van der Waals surface area contributed by atoms with Gasteiger partial charge < -0.3 is 19.8 Å². The van der Waals surface area contributed by atoms with Gasteiger partial charge in [0.2, 0.25) is 0 Å². The van der Waals surface area contributed by atoms with Crippen molar-refractivity contribution in [2.24, 2.45) is 5.41 Å². The molecule has 0 aliphatic heterocycles. The average Bonchev–Trinajstić information content (AvgIpc) is 3.54. The molecule has 1 fully saturated rings. The van der Waals surface area contributed by atoms with Crippen molar-refractivity contribution < 1.29 is 36.6 Å². The van der Waals surface area contributed by atoms with Crippen LogP contribution in [0.3, 0.4) is 0 Å². The molecule has 0 radical (unpaired) electrons. The smallest absolute Gasteiger partial charge is 0.396 e. The van der Waals surface area contributed by atoms with E-state index in [0.717, 1.165) is 0 Å². The number of benzene rings is 2. The first-order chi connectivity index (χ1) is 17.3. The SMILES string of the molecule is COC(=O)C(C)(C)c1cc(F)cc(Cc2nc3cc(C(=O)NCC4(C(F)(F)F)CC4)ccc3[nH]2)c1OC. The topological polar surface area (TPSA) is 93.3 Å². The number of carbonyl (C=O) groups is 2. The molecule has 198 valence electrons. The van der Waals surface area contributed by atoms with Crippen LogP contribution in [0, 0.1) is 11.2 Å². The van der Waals surface area contributed by atoms with Gasteiger partial charge in [-0.15, -0.1) is 0 Å². The summed E-state index contributed by atoms with van der Waals surface area (Å²) in [5.41, 5.74) is -1.08. The summed E-state index contributed by atoms with van der Waals surface area (Å²) in [6, 6.07) is 7.09. The van der Waals surface area contributed by atoms with E-state index in [2.05, 4.69) is 15.3 Å². The van der Waals surface area contributed by atoms with Gasteiger partial charge in [-0.3, -0.25) is 9.59 Å². The number of aromatic amines is 1. The van der Waals surface area contributed by atoms with Crippen molar-refractivity contribution in [1.29, 1.82) is 0 Å². The van der Waals surface area contributed by atoms with E-state index in [1.54, 1.807) is 19.9 Å². The summed E-state index contributed by atoms with van der Waals surface area (Å²) in [4.78, 5) is 32.4.